The highest BCUT2D eigenvalue weighted by molar-refractivity contribution is 8.01. The molecule has 0 amide bonds. The molecule has 0 aromatic carbocycles. The van der Waals surface area contributed by atoms with Crippen LogP contribution < -0.4 is 0 Å². The summed E-state index contributed by atoms with van der Waals surface area (Å²) in [4.78, 5) is 6.06. The van der Waals surface area contributed by atoms with Gasteiger partial charge in [-0.3, -0.25) is 0 Å². The highest BCUT2D eigenvalue weighted by Crippen LogP contribution is 2.20. The first-order valence-electron chi connectivity index (χ1n) is 3.38. The highest BCUT2D eigenvalue weighted by Gasteiger charge is 1.95. The van der Waals surface area contributed by atoms with Crippen LogP contribution in [0.15, 0.2) is 10.4 Å². The van der Waals surface area contributed by atoms with Gasteiger partial charge in [-0.25, -0.2) is 4.98 Å². The van der Waals surface area contributed by atoms with Gasteiger partial charge in [0.1, 0.15) is 0 Å². The molecule has 1 radical (unpaired) electrons. The smallest absolute Gasteiger partial charge is 0.153 e. The third kappa shape index (κ3) is 3.74. The van der Waals surface area contributed by atoms with Crippen LogP contribution in [0, 0.1) is 5.51 Å². The first-order chi connectivity index (χ1) is 5.29. The number of aromatic nitrogens is 1. The lowest BCUT2D eigenvalue weighted by Gasteiger charge is -2.06. The first-order valence-corrected chi connectivity index (χ1v) is 5.18. The minimum absolute atomic E-state index is 1.11. The van der Waals surface area contributed by atoms with E-state index in [0.29, 0.717) is 0 Å². The van der Waals surface area contributed by atoms with E-state index in [1.807, 2.05) is 18.0 Å². The van der Waals surface area contributed by atoms with Gasteiger partial charge in [-0.15, -0.1) is 23.1 Å². The summed E-state index contributed by atoms with van der Waals surface area (Å²) >= 11 is 3.42. The van der Waals surface area contributed by atoms with Crippen LogP contribution in [0.25, 0.3) is 0 Å². The van der Waals surface area contributed by atoms with Gasteiger partial charge in [0.2, 0.25) is 0 Å². The molecule has 0 saturated carbocycles. The van der Waals surface area contributed by atoms with E-state index >= 15 is 0 Å². The second-order valence-corrected chi connectivity index (χ2v) is 4.64. The predicted molar refractivity (Wildman–Crippen MR) is 50.2 cm³/mol. The van der Waals surface area contributed by atoms with E-state index in [9.17, 15) is 0 Å². The molecule has 4 heteroatoms. The highest BCUT2D eigenvalue weighted by atomic mass is 32.2. The van der Waals surface area contributed by atoms with E-state index < -0.39 is 0 Å². The summed E-state index contributed by atoms with van der Waals surface area (Å²) in [6.45, 7) is 1.11. The number of thioether (sulfide) groups is 1. The third-order valence-corrected chi connectivity index (χ3v) is 3.04. The lowest BCUT2D eigenvalue weighted by Crippen LogP contribution is -2.14. The van der Waals surface area contributed by atoms with Crippen LogP contribution in [0.2, 0.25) is 0 Å². The predicted octanol–water partition coefficient (Wildman–Crippen LogP) is 1.60. The molecule has 0 aliphatic heterocycles. The van der Waals surface area contributed by atoms with Gasteiger partial charge in [0.25, 0.3) is 0 Å². The Labute approximate surface area is 75.6 Å². The molecule has 1 rings (SSSR count). The van der Waals surface area contributed by atoms with Crippen LogP contribution in [0.4, 0.5) is 0 Å². The minimum atomic E-state index is 1.11. The third-order valence-electron chi connectivity index (χ3n) is 1.15. The van der Waals surface area contributed by atoms with Crippen molar-refractivity contribution in [3.8, 4) is 0 Å². The van der Waals surface area contributed by atoms with Gasteiger partial charge in [-0.2, -0.15) is 0 Å². The van der Waals surface area contributed by atoms with Crippen LogP contribution in [0.1, 0.15) is 0 Å². The molecule has 0 N–H and O–H groups in total. The van der Waals surface area contributed by atoms with Crippen LogP contribution in [0.3, 0.4) is 0 Å². The first kappa shape index (κ1) is 9.03. The summed E-state index contributed by atoms with van der Waals surface area (Å²) in [5, 5.41) is 0. The Kier molecular flexibility index (Phi) is 3.90. The molecule has 1 aromatic heterocycles. The molecule has 0 aliphatic rings. The molecule has 0 fully saturated rings. The van der Waals surface area contributed by atoms with Crippen molar-refractivity contribution in [2.75, 3.05) is 26.4 Å². The van der Waals surface area contributed by atoms with Crippen molar-refractivity contribution < 1.29 is 0 Å². The SMILES string of the molecule is CN(C)CCSc1cn[c]s1. The molecule has 0 saturated heterocycles. The second-order valence-electron chi connectivity index (χ2n) is 2.42. The van der Waals surface area contributed by atoms with Crippen LogP contribution in [-0.2, 0) is 0 Å². The molecular weight excluding hydrogens is 176 g/mol. The normalized spacial score (nSPS) is 10.8. The zero-order valence-electron chi connectivity index (χ0n) is 6.70. The van der Waals surface area contributed by atoms with Gasteiger partial charge in [-0.1, -0.05) is 0 Å². The molecule has 0 spiro atoms. The Morgan fingerprint density at radius 3 is 3.09 bits per heavy atom. The molecule has 0 aliphatic carbocycles. The molecule has 61 valence electrons. The summed E-state index contributed by atoms with van der Waals surface area (Å²) in [5.74, 6) is 1.13. The van der Waals surface area contributed by atoms with Gasteiger partial charge in [0.05, 0.1) is 10.4 Å². The van der Waals surface area contributed by atoms with Crippen molar-refractivity contribution in [2.45, 2.75) is 4.21 Å². The Balaban J connectivity index is 2.14. The topological polar surface area (TPSA) is 16.1 Å². The van der Waals surface area contributed by atoms with Gasteiger partial charge in [-0.05, 0) is 14.1 Å². The summed E-state index contributed by atoms with van der Waals surface area (Å²) in [6, 6.07) is 0. The molecule has 0 unspecified atom stereocenters. The number of rotatable bonds is 4. The Hall–Kier alpha value is -0.0600. The van der Waals surface area contributed by atoms with E-state index in [1.54, 1.807) is 11.3 Å². The van der Waals surface area contributed by atoms with Gasteiger partial charge in [0, 0.05) is 12.3 Å². The molecule has 0 bridgehead atoms. The lowest BCUT2D eigenvalue weighted by atomic mass is 10.7. The Bertz CT molecular complexity index is 184. The van der Waals surface area contributed by atoms with Gasteiger partial charge in [0.15, 0.2) is 5.51 Å². The molecule has 2 nitrogen and oxygen atoms in total. The molecule has 11 heavy (non-hydrogen) atoms. The fourth-order valence-corrected chi connectivity index (χ4v) is 2.26. The Morgan fingerprint density at radius 2 is 2.55 bits per heavy atom. The van der Waals surface area contributed by atoms with E-state index in [2.05, 4.69) is 29.5 Å². The number of hydrogen-bond donors (Lipinski definition) is 0. The second kappa shape index (κ2) is 4.74. The quantitative estimate of drug-likeness (QED) is 0.666. The van der Waals surface area contributed by atoms with E-state index in [-0.39, 0.29) is 0 Å². The fourth-order valence-electron chi connectivity index (χ4n) is 0.572. The van der Waals surface area contributed by atoms with Crippen molar-refractivity contribution in [1.82, 2.24) is 9.88 Å². The zero-order chi connectivity index (χ0) is 8.10. The minimum Gasteiger partial charge on any atom is -0.309 e. The largest absolute Gasteiger partial charge is 0.309 e. The van der Waals surface area contributed by atoms with Crippen LogP contribution >= 0.6 is 23.1 Å². The van der Waals surface area contributed by atoms with E-state index in [1.165, 1.54) is 4.21 Å². The molecule has 1 heterocycles. The van der Waals surface area contributed by atoms with Gasteiger partial charge >= 0.3 is 0 Å². The summed E-state index contributed by atoms with van der Waals surface area (Å²) in [7, 11) is 4.17. The maximum atomic E-state index is 3.88. The maximum Gasteiger partial charge on any atom is 0.153 e. The standard InChI is InChI=1S/C7H11N2S2/c1-9(2)3-4-10-7-5-8-6-11-7/h5H,3-4H2,1-2H3. The molecule has 0 atom stereocenters. The number of hydrogen-bond acceptors (Lipinski definition) is 4. The van der Waals surface area contributed by atoms with Crippen molar-refractivity contribution in [2.24, 2.45) is 0 Å². The summed E-state index contributed by atoms with van der Waals surface area (Å²) in [6.07, 6.45) is 1.87. The summed E-state index contributed by atoms with van der Waals surface area (Å²) in [5.41, 5.74) is 2.83. The van der Waals surface area contributed by atoms with Crippen LogP contribution in [-0.4, -0.2) is 36.3 Å². The fraction of sp³-hybridized carbons (Fsp3) is 0.571. The van der Waals surface area contributed by atoms with Gasteiger partial charge < -0.3 is 4.90 Å². The van der Waals surface area contributed by atoms with Crippen LogP contribution in [0.5, 0.6) is 0 Å². The van der Waals surface area contributed by atoms with Crippen molar-refractivity contribution in [1.29, 1.82) is 0 Å². The monoisotopic (exact) mass is 187 g/mol. The number of nitrogens with zero attached hydrogens (tertiary/aromatic N) is 2. The maximum absolute atomic E-state index is 3.88. The van der Waals surface area contributed by atoms with Crippen molar-refractivity contribution in [3.05, 3.63) is 11.7 Å². The molecular formula is C7H11N2S2. The van der Waals surface area contributed by atoms with E-state index in [0.717, 1.165) is 12.3 Å². The zero-order valence-corrected chi connectivity index (χ0v) is 8.34. The Morgan fingerprint density at radius 1 is 1.73 bits per heavy atom. The lowest BCUT2D eigenvalue weighted by molar-refractivity contribution is 0.437. The summed E-state index contributed by atoms with van der Waals surface area (Å²) < 4.78 is 1.26. The number of thiazole rings is 1. The molecule has 1 aromatic rings. The van der Waals surface area contributed by atoms with Crippen molar-refractivity contribution >= 4 is 23.1 Å². The average Bonchev–Trinajstić information content (AvgIpc) is 2.39. The average molecular weight is 187 g/mol. The van der Waals surface area contributed by atoms with E-state index in [4.69, 9.17) is 0 Å². The van der Waals surface area contributed by atoms with Crippen molar-refractivity contribution in [3.63, 3.8) is 0 Å².